The number of fused-ring (bicyclic) bond motifs is 2. The lowest BCUT2D eigenvalue weighted by molar-refractivity contribution is -0.136. The molecule has 0 radical (unpaired) electrons. The van der Waals surface area contributed by atoms with Crippen LogP contribution in [-0.4, -0.2) is 127 Å². The van der Waals surface area contributed by atoms with Gasteiger partial charge in [0.15, 0.2) is 5.82 Å². The molecular weight excluding hydrogens is 864 g/mol. The molecule has 19 heteroatoms. The summed E-state index contributed by atoms with van der Waals surface area (Å²) in [5.74, 6) is -3.95. The summed E-state index contributed by atoms with van der Waals surface area (Å²) in [6.07, 6.45) is 3.23. The molecule has 0 bridgehead atoms. The van der Waals surface area contributed by atoms with Crippen LogP contribution < -0.4 is 19.8 Å². The highest BCUT2D eigenvalue weighted by molar-refractivity contribution is 7.90. The maximum atomic E-state index is 15.8. The van der Waals surface area contributed by atoms with Gasteiger partial charge in [0.25, 0.3) is 5.91 Å². The third kappa shape index (κ3) is 8.20. The fraction of sp³-hybridized carbons (Fsp3) is 0.370. The fourth-order valence-electron chi connectivity index (χ4n) is 9.82. The van der Waals surface area contributed by atoms with E-state index in [1.807, 2.05) is 41.1 Å². The predicted molar refractivity (Wildman–Crippen MR) is 236 cm³/mol. The Hall–Kier alpha value is -6.31. The molecule has 4 fully saturated rings. The van der Waals surface area contributed by atoms with E-state index in [0.29, 0.717) is 41.0 Å². The van der Waals surface area contributed by atoms with Gasteiger partial charge in [0, 0.05) is 118 Å². The minimum Gasteiger partial charge on any atom is -0.371 e. The first kappa shape index (κ1) is 42.6. The molecule has 0 spiro atoms. The minimum absolute atomic E-state index is 0.00239. The number of amides is 3. The molecule has 0 saturated carbocycles. The topological polar surface area (TPSA) is 171 Å². The van der Waals surface area contributed by atoms with Gasteiger partial charge in [-0.25, -0.2) is 18.2 Å². The van der Waals surface area contributed by atoms with Crippen LogP contribution in [0.3, 0.4) is 0 Å². The number of hydrogen-bond donors (Lipinski definition) is 3. The van der Waals surface area contributed by atoms with Gasteiger partial charge in [-0.15, -0.1) is 0 Å². The molecule has 15 nitrogen and oxygen atoms in total. The van der Waals surface area contributed by atoms with Crippen LogP contribution in [0.1, 0.15) is 57.5 Å². The Bertz CT molecular complexity index is 2850. The number of ketones is 1. The Balaban J connectivity index is 0.748. The first-order chi connectivity index (χ1) is 31.3. The number of alkyl halides is 1. The summed E-state index contributed by atoms with van der Waals surface area (Å²) in [6.45, 7) is 6.22. The maximum Gasteiger partial charge on any atom is 0.301 e. The quantitative estimate of drug-likeness (QED) is 0.123. The summed E-state index contributed by atoms with van der Waals surface area (Å²) in [6, 6.07) is 16.7. The highest BCUT2D eigenvalue weighted by atomic mass is 32.2. The van der Waals surface area contributed by atoms with E-state index in [0.717, 1.165) is 91.2 Å². The number of nitrogens with zero attached hydrogens (tertiary/aromatic N) is 6. The van der Waals surface area contributed by atoms with E-state index in [9.17, 15) is 32.0 Å². The summed E-state index contributed by atoms with van der Waals surface area (Å²) < 4.78 is 73.1. The maximum absolute atomic E-state index is 15.8. The number of carbonyl (C=O) groups is 4. The Morgan fingerprint density at radius 3 is 2.38 bits per heavy atom. The van der Waals surface area contributed by atoms with Crippen molar-refractivity contribution in [2.75, 3.05) is 73.4 Å². The van der Waals surface area contributed by atoms with Gasteiger partial charge in [-0.2, -0.15) is 12.7 Å². The largest absolute Gasteiger partial charge is 0.371 e. The zero-order valence-electron chi connectivity index (χ0n) is 35.2. The summed E-state index contributed by atoms with van der Waals surface area (Å²) >= 11 is 0. The van der Waals surface area contributed by atoms with Crippen LogP contribution in [0.5, 0.6) is 0 Å². The van der Waals surface area contributed by atoms with E-state index in [1.54, 1.807) is 17.2 Å². The van der Waals surface area contributed by atoms with Crippen molar-refractivity contribution < 1.29 is 40.8 Å². The average Bonchev–Trinajstić information content (AvgIpc) is 4.12. The van der Waals surface area contributed by atoms with Gasteiger partial charge in [-0.1, -0.05) is 12.1 Å². The second kappa shape index (κ2) is 16.9. The molecule has 65 heavy (non-hydrogen) atoms. The van der Waals surface area contributed by atoms with Crippen molar-refractivity contribution in [3.63, 3.8) is 0 Å². The van der Waals surface area contributed by atoms with E-state index >= 15 is 8.78 Å². The van der Waals surface area contributed by atoms with Crippen molar-refractivity contribution >= 4 is 61.8 Å². The van der Waals surface area contributed by atoms with Crippen molar-refractivity contribution in [1.29, 1.82) is 0 Å². The molecule has 1 unspecified atom stereocenters. The normalized spacial score (nSPS) is 22.0. The van der Waals surface area contributed by atoms with E-state index in [1.165, 1.54) is 6.20 Å². The number of imide groups is 1. The zero-order valence-corrected chi connectivity index (χ0v) is 36.1. The summed E-state index contributed by atoms with van der Waals surface area (Å²) in [7, 11) is -4.36. The van der Waals surface area contributed by atoms with Crippen LogP contribution in [-0.2, 0) is 26.3 Å². The van der Waals surface area contributed by atoms with Gasteiger partial charge >= 0.3 is 10.2 Å². The van der Waals surface area contributed by atoms with Gasteiger partial charge in [0.05, 0.1) is 11.3 Å². The standard InChI is InChI=1S/C46H46F3N9O6S/c47-31-12-14-57(26-31)65(63,64)53-38-8-7-37(48)41(42(38)49)43(60)36-22-51-44-35(36)20-29(21-50-44)28-1-3-32(4-2-28)56-13-11-27(24-56)23-54-15-17-55(18-16-54)33-5-6-34-30(19-33)25-58(46(34)62)39-9-10-40(59)52-45(39)61/h1-8,19-22,27,31,39,53H,9-18,23-26H2,(H,50,51)(H,52,59,61)/t27-,31-,39?/m1/s1. The molecule has 7 heterocycles. The number of H-pyrrole nitrogens is 1. The number of carbonyl (C=O) groups excluding carboxylic acids is 4. The van der Waals surface area contributed by atoms with E-state index in [-0.39, 0.29) is 43.3 Å². The molecule has 5 aliphatic rings. The van der Waals surface area contributed by atoms with Gasteiger partial charge in [-0.3, -0.25) is 34.1 Å². The number of nitrogens with one attached hydrogen (secondary N) is 3. The Kier molecular flexibility index (Phi) is 11.1. The van der Waals surface area contributed by atoms with Gasteiger partial charge in [0.1, 0.15) is 23.7 Å². The molecule has 10 rings (SSSR count). The van der Waals surface area contributed by atoms with E-state index in [2.05, 4.69) is 36.1 Å². The summed E-state index contributed by atoms with van der Waals surface area (Å²) in [4.78, 5) is 67.2. The van der Waals surface area contributed by atoms with Crippen LogP contribution in [0.4, 0.5) is 30.2 Å². The molecule has 3 atom stereocenters. The van der Waals surface area contributed by atoms with Crippen molar-refractivity contribution in [1.82, 2.24) is 29.4 Å². The lowest BCUT2D eigenvalue weighted by atomic mass is 9.99. The van der Waals surface area contributed by atoms with Gasteiger partial charge < -0.3 is 19.7 Å². The minimum atomic E-state index is -4.36. The second-order valence-corrected chi connectivity index (χ2v) is 19.1. The molecule has 338 valence electrons. The number of rotatable bonds is 11. The third-order valence-electron chi connectivity index (χ3n) is 13.4. The number of aromatic nitrogens is 2. The Labute approximate surface area is 372 Å². The zero-order chi connectivity index (χ0) is 45.1. The van der Waals surface area contributed by atoms with E-state index < -0.39 is 57.0 Å². The number of hydrogen-bond acceptors (Lipinski definition) is 10. The molecule has 3 aromatic carbocycles. The van der Waals surface area contributed by atoms with Crippen LogP contribution in [0.2, 0.25) is 0 Å². The predicted octanol–water partition coefficient (Wildman–Crippen LogP) is 4.85. The Morgan fingerprint density at radius 1 is 0.846 bits per heavy atom. The number of pyridine rings is 1. The second-order valence-electron chi connectivity index (χ2n) is 17.5. The SMILES string of the molecule is O=C1CCC(N2Cc3cc(N4CCN(C[C@H]5CCN(c6ccc(-c7cnc8[nH]cc(C(=O)c9c(F)ccc(NS(=O)(=O)N%10CC[C@@H](F)C%10)c9F)c8c7)cc6)C5)CC4)ccc3C2=O)C(=O)N1. The molecule has 4 saturated heterocycles. The molecular formula is C46H46F3N9O6S. The first-order valence-corrected chi connectivity index (χ1v) is 23.3. The number of anilines is 3. The van der Waals surface area contributed by atoms with Crippen LogP contribution in [0, 0.1) is 17.6 Å². The monoisotopic (exact) mass is 909 g/mol. The molecule has 2 aromatic heterocycles. The van der Waals surface area contributed by atoms with Crippen molar-refractivity contribution in [2.24, 2.45) is 5.92 Å². The number of aromatic amines is 1. The fourth-order valence-corrected chi connectivity index (χ4v) is 11.1. The molecule has 5 aromatic rings. The summed E-state index contributed by atoms with van der Waals surface area (Å²) in [5, 5.41) is 2.69. The lowest BCUT2D eigenvalue weighted by Crippen LogP contribution is -2.52. The number of piperidine rings is 1. The van der Waals surface area contributed by atoms with Gasteiger partial charge in [0.2, 0.25) is 17.6 Å². The number of piperazine rings is 1. The van der Waals surface area contributed by atoms with Crippen molar-refractivity contribution in [3.8, 4) is 11.1 Å². The number of benzene rings is 3. The van der Waals surface area contributed by atoms with E-state index in [4.69, 9.17) is 0 Å². The first-order valence-electron chi connectivity index (χ1n) is 21.8. The van der Waals surface area contributed by atoms with Crippen LogP contribution >= 0.6 is 0 Å². The average molecular weight is 910 g/mol. The molecule has 3 N–H and O–H groups in total. The highest BCUT2D eigenvalue weighted by Gasteiger charge is 2.40. The molecule has 3 amide bonds. The van der Waals surface area contributed by atoms with Gasteiger partial charge in [-0.05, 0) is 84.8 Å². The third-order valence-corrected chi connectivity index (χ3v) is 14.9. The Morgan fingerprint density at radius 2 is 1.63 bits per heavy atom. The molecule has 5 aliphatic heterocycles. The van der Waals surface area contributed by atoms with Crippen LogP contribution in [0.15, 0.2) is 73.1 Å². The van der Waals surface area contributed by atoms with Crippen molar-refractivity contribution in [2.45, 2.75) is 44.4 Å². The van der Waals surface area contributed by atoms with Crippen molar-refractivity contribution in [3.05, 3.63) is 107 Å². The molecule has 0 aliphatic carbocycles. The highest BCUT2D eigenvalue weighted by Crippen LogP contribution is 2.34. The van der Waals surface area contributed by atoms with Crippen LogP contribution in [0.25, 0.3) is 22.2 Å². The number of halogens is 3. The summed E-state index contributed by atoms with van der Waals surface area (Å²) in [5.41, 5.74) is 3.86. The lowest BCUT2D eigenvalue weighted by Gasteiger charge is -2.37. The smallest absolute Gasteiger partial charge is 0.301 e.